The van der Waals surface area contributed by atoms with Gasteiger partial charge in [0.2, 0.25) is 5.88 Å². The van der Waals surface area contributed by atoms with E-state index in [0.717, 1.165) is 0 Å². The SMILES string of the molecule is CC(C)(P)Oc1ccccn1. The Bertz CT molecular complexity index is 217. The summed E-state index contributed by atoms with van der Waals surface area (Å²) in [5.74, 6) is 0.660. The Morgan fingerprint density at radius 2 is 2.18 bits per heavy atom. The highest BCUT2D eigenvalue weighted by Crippen LogP contribution is 2.20. The summed E-state index contributed by atoms with van der Waals surface area (Å²) in [6.45, 7) is 3.93. The third-order valence-corrected chi connectivity index (χ3v) is 1.12. The van der Waals surface area contributed by atoms with Crippen LogP contribution in [0.25, 0.3) is 0 Å². The van der Waals surface area contributed by atoms with Crippen LogP contribution in [-0.4, -0.2) is 10.3 Å². The molecule has 0 aliphatic rings. The number of rotatable bonds is 2. The molecule has 1 unspecified atom stereocenters. The van der Waals surface area contributed by atoms with Gasteiger partial charge >= 0.3 is 0 Å². The summed E-state index contributed by atoms with van der Waals surface area (Å²) in [6, 6.07) is 5.60. The predicted molar refractivity (Wildman–Crippen MR) is 48.7 cm³/mol. The maximum Gasteiger partial charge on any atom is 0.214 e. The maximum absolute atomic E-state index is 5.45. The van der Waals surface area contributed by atoms with Crippen LogP contribution in [0.15, 0.2) is 24.4 Å². The fraction of sp³-hybridized carbons (Fsp3) is 0.375. The average molecular weight is 169 g/mol. The predicted octanol–water partition coefficient (Wildman–Crippen LogP) is 2.07. The molecular weight excluding hydrogens is 157 g/mol. The molecule has 0 aromatic carbocycles. The lowest BCUT2D eigenvalue weighted by Gasteiger charge is -2.19. The highest BCUT2D eigenvalue weighted by atomic mass is 31.0. The smallest absolute Gasteiger partial charge is 0.214 e. The quantitative estimate of drug-likeness (QED) is 0.632. The first-order valence-corrected chi connectivity index (χ1v) is 4.04. The largest absolute Gasteiger partial charge is 0.468 e. The van der Waals surface area contributed by atoms with E-state index in [1.165, 1.54) is 0 Å². The van der Waals surface area contributed by atoms with Crippen molar-refractivity contribution in [2.75, 3.05) is 0 Å². The fourth-order valence-electron chi connectivity index (χ4n) is 0.677. The van der Waals surface area contributed by atoms with Crippen molar-refractivity contribution < 1.29 is 4.74 Å². The van der Waals surface area contributed by atoms with Crippen molar-refractivity contribution in [2.45, 2.75) is 19.2 Å². The third kappa shape index (κ3) is 3.33. The van der Waals surface area contributed by atoms with Crippen LogP contribution in [0.4, 0.5) is 0 Å². The standard InChI is InChI=1S/C8H12NOP/c1-8(2,11)10-7-5-3-4-6-9-7/h3-6H,11H2,1-2H3. The Labute approximate surface area is 69.2 Å². The second kappa shape index (κ2) is 3.19. The first kappa shape index (κ1) is 8.48. The molecule has 0 fully saturated rings. The Morgan fingerprint density at radius 1 is 1.45 bits per heavy atom. The van der Waals surface area contributed by atoms with Gasteiger partial charge in [0.05, 0.1) is 0 Å². The molecule has 0 aliphatic heterocycles. The van der Waals surface area contributed by atoms with Crippen LogP contribution in [-0.2, 0) is 0 Å². The van der Waals surface area contributed by atoms with E-state index in [9.17, 15) is 0 Å². The third-order valence-electron chi connectivity index (χ3n) is 1.01. The monoisotopic (exact) mass is 169 g/mol. The van der Waals surface area contributed by atoms with Gasteiger partial charge in [-0.15, -0.1) is 0 Å². The molecule has 0 aliphatic carbocycles. The van der Waals surface area contributed by atoms with E-state index in [0.29, 0.717) is 5.88 Å². The van der Waals surface area contributed by atoms with Crippen LogP contribution in [0.2, 0.25) is 0 Å². The van der Waals surface area contributed by atoms with Crippen LogP contribution < -0.4 is 4.74 Å². The van der Waals surface area contributed by atoms with E-state index in [2.05, 4.69) is 14.2 Å². The van der Waals surface area contributed by atoms with Crippen molar-refractivity contribution in [3.63, 3.8) is 0 Å². The van der Waals surface area contributed by atoms with Crippen molar-refractivity contribution in [2.24, 2.45) is 0 Å². The lowest BCUT2D eigenvalue weighted by Crippen LogP contribution is -2.19. The maximum atomic E-state index is 5.45. The number of hydrogen-bond donors (Lipinski definition) is 0. The van der Waals surface area contributed by atoms with Gasteiger partial charge in [-0.05, 0) is 19.9 Å². The molecule has 0 N–H and O–H groups in total. The second-order valence-corrected chi connectivity index (χ2v) is 4.26. The summed E-state index contributed by atoms with van der Waals surface area (Å²) in [6.07, 6.45) is 1.71. The van der Waals surface area contributed by atoms with E-state index < -0.39 is 0 Å². The van der Waals surface area contributed by atoms with Gasteiger partial charge in [0.15, 0.2) is 0 Å². The molecule has 0 saturated carbocycles. The summed E-state index contributed by atoms with van der Waals surface area (Å²) < 4.78 is 5.45. The van der Waals surface area contributed by atoms with Gasteiger partial charge in [-0.2, -0.15) is 0 Å². The summed E-state index contributed by atoms with van der Waals surface area (Å²) in [4.78, 5) is 4.03. The van der Waals surface area contributed by atoms with Crippen LogP contribution in [0, 0.1) is 0 Å². The minimum atomic E-state index is -0.242. The first-order valence-electron chi connectivity index (χ1n) is 3.47. The Hall–Kier alpha value is -0.620. The lowest BCUT2D eigenvalue weighted by atomic mass is 10.4. The highest BCUT2D eigenvalue weighted by Gasteiger charge is 2.11. The fourth-order valence-corrected chi connectivity index (χ4v) is 0.798. The molecule has 0 amide bonds. The van der Waals surface area contributed by atoms with Gasteiger partial charge in [-0.3, -0.25) is 0 Å². The van der Waals surface area contributed by atoms with Crippen LogP contribution >= 0.6 is 9.24 Å². The van der Waals surface area contributed by atoms with E-state index in [-0.39, 0.29) is 5.34 Å². The minimum absolute atomic E-state index is 0.242. The van der Waals surface area contributed by atoms with Crippen molar-refractivity contribution in [1.82, 2.24) is 4.98 Å². The number of pyridine rings is 1. The molecule has 1 aromatic heterocycles. The zero-order valence-corrected chi connectivity index (χ0v) is 7.90. The number of aromatic nitrogens is 1. The number of nitrogens with zero attached hydrogens (tertiary/aromatic N) is 1. The van der Waals surface area contributed by atoms with Crippen molar-refractivity contribution in [3.8, 4) is 5.88 Å². The second-order valence-electron chi connectivity index (χ2n) is 2.87. The molecule has 0 saturated heterocycles. The van der Waals surface area contributed by atoms with E-state index in [1.54, 1.807) is 6.20 Å². The van der Waals surface area contributed by atoms with Crippen LogP contribution in [0.1, 0.15) is 13.8 Å². The highest BCUT2D eigenvalue weighted by molar-refractivity contribution is 7.18. The molecule has 1 aromatic rings. The molecule has 0 spiro atoms. The van der Waals surface area contributed by atoms with Gasteiger partial charge in [-0.25, -0.2) is 4.98 Å². The summed E-state index contributed by atoms with van der Waals surface area (Å²) >= 11 is 0. The number of hydrogen-bond acceptors (Lipinski definition) is 2. The first-order chi connectivity index (χ1) is 5.08. The van der Waals surface area contributed by atoms with Gasteiger partial charge in [-0.1, -0.05) is 15.3 Å². The Kier molecular flexibility index (Phi) is 2.45. The van der Waals surface area contributed by atoms with Crippen molar-refractivity contribution in [1.29, 1.82) is 0 Å². The van der Waals surface area contributed by atoms with Crippen LogP contribution in [0.3, 0.4) is 0 Å². The molecule has 0 radical (unpaired) electrons. The van der Waals surface area contributed by atoms with Gasteiger partial charge < -0.3 is 4.74 Å². The van der Waals surface area contributed by atoms with Gasteiger partial charge in [0.1, 0.15) is 5.34 Å². The molecule has 1 heterocycles. The molecule has 3 heteroatoms. The molecule has 0 bridgehead atoms. The van der Waals surface area contributed by atoms with Crippen LogP contribution in [0.5, 0.6) is 5.88 Å². The van der Waals surface area contributed by atoms with E-state index >= 15 is 0 Å². The topological polar surface area (TPSA) is 22.1 Å². The summed E-state index contributed by atoms with van der Waals surface area (Å²) in [7, 11) is 2.60. The molecule has 2 nitrogen and oxygen atoms in total. The summed E-state index contributed by atoms with van der Waals surface area (Å²) in [5.41, 5.74) is 0. The zero-order valence-electron chi connectivity index (χ0n) is 6.74. The Balaban J connectivity index is 2.66. The molecule has 1 rings (SSSR count). The molecule has 1 atom stereocenters. The van der Waals surface area contributed by atoms with Crippen molar-refractivity contribution in [3.05, 3.63) is 24.4 Å². The van der Waals surface area contributed by atoms with Gasteiger partial charge in [0, 0.05) is 12.3 Å². The molecule has 60 valence electrons. The van der Waals surface area contributed by atoms with Gasteiger partial charge in [0.25, 0.3) is 0 Å². The normalized spacial score (nSPS) is 11.2. The molecular formula is C8H12NOP. The zero-order chi connectivity index (χ0) is 8.32. The number of ether oxygens (including phenoxy) is 1. The van der Waals surface area contributed by atoms with E-state index in [1.807, 2.05) is 32.0 Å². The van der Waals surface area contributed by atoms with E-state index in [4.69, 9.17) is 4.74 Å². The minimum Gasteiger partial charge on any atom is -0.468 e. The lowest BCUT2D eigenvalue weighted by molar-refractivity contribution is 0.197. The van der Waals surface area contributed by atoms with Crippen molar-refractivity contribution >= 4 is 9.24 Å². The average Bonchev–Trinajstić information content (AvgIpc) is 1.85. The Morgan fingerprint density at radius 3 is 2.64 bits per heavy atom. The molecule has 11 heavy (non-hydrogen) atoms. The summed E-state index contributed by atoms with van der Waals surface area (Å²) in [5, 5.41) is -0.242.